The fourth-order valence-electron chi connectivity index (χ4n) is 1.75. The molecule has 2 N–H and O–H groups in total. The van der Waals surface area contributed by atoms with Gasteiger partial charge < -0.3 is 15.2 Å². The summed E-state index contributed by atoms with van der Waals surface area (Å²) in [4.78, 5) is 26.9. The second kappa shape index (κ2) is 9.74. The Bertz CT molecular complexity index is 463. The summed E-state index contributed by atoms with van der Waals surface area (Å²) in [6.07, 6.45) is 6.77. The Hall–Kier alpha value is -2.11. The van der Waals surface area contributed by atoms with Crippen LogP contribution in [-0.2, 0) is 9.53 Å². The lowest BCUT2D eigenvalue weighted by Crippen LogP contribution is -2.31. The number of hydrogen-bond acceptors (Lipinski definition) is 5. The first-order chi connectivity index (χ1) is 10.1. The Morgan fingerprint density at radius 1 is 1.29 bits per heavy atom. The number of nitrogens with one attached hydrogen (secondary N) is 1. The predicted molar refractivity (Wildman–Crippen MR) is 78.0 cm³/mol. The van der Waals surface area contributed by atoms with Gasteiger partial charge in [0.1, 0.15) is 12.3 Å². The van der Waals surface area contributed by atoms with Gasteiger partial charge in [-0.15, -0.1) is 0 Å². The molecule has 116 valence electrons. The molecule has 1 heterocycles. The first-order valence-electron chi connectivity index (χ1n) is 7.23. The minimum atomic E-state index is -0.604. The first kappa shape index (κ1) is 16.9. The van der Waals surface area contributed by atoms with Gasteiger partial charge in [-0.1, -0.05) is 32.6 Å². The molecule has 0 aliphatic rings. The molecule has 0 spiro atoms. The summed E-state index contributed by atoms with van der Waals surface area (Å²) in [5.74, 6) is -1.32. The van der Waals surface area contributed by atoms with Crippen molar-refractivity contribution in [2.24, 2.45) is 0 Å². The third-order valence-corrected chi connectivity index (χ3v) is 2.91. The van der Waals surface area contributed by atoms with E-state index in [1.807, 2.05) is 0 Å². The SMILES string of the molecule is CCCCCCCOC(=O)CNC(=O)c1ncccc1O. The van der Waals surface area contributed by atoms with Gasteiger partial charge in [0, 0.05) is 6.20 Å². The first-order valence-corrected chi connectivity index (χ1v) is 7.23. The number of ether oxygens (including phenoxy) is 1. The van der Waals surface area contributed by atoms with Crippen molar-refractivity contribution in [3.05, 3.63) is 24.0 Å². The zero-order chi connectivity index (χ0) is 15.5. The van der Waals surface area contributed by atoms with E-state index in [4.69, 9.17) is 4.74 Å². The lowest BCUT2D eigenvalue weighted by molar-refractivity contribution is -0.142. The summed E-state index contributed by atoms with van der Waals surface area (Å²) < 4.78 is 5.00. The summed E-state index contributed by atoms with van der Waals surface area (Å²) in [7, 11) is 0. The fraction of sp³-hybridized carbons (Fsp3) is 0.533. The van der Waals surface area contributed by atoms with Crippen molar-refractivity contribution in [2.75, 3.05) is 13.2 Å². The number of carbonyl (C=O) groups is 2. The fourth-order valence-corrected chi connectivity index (χ4v) is 1.75. The molecule has 1 amide bonds. The molecule has 1 rings (SSSR count). The van der Waals surface area contributed by atoms with Crippen LogP contribution in [-0.4, -0.2) is 35.1 Å². The van der Waals surface area contributed by atoms with Crippen LogP contribution in [0.25, 0.3) is 0 Å². The van der Waals surface area contributed by atoms with E-state index in [2.05, 4.69) is 17.2 Å². The number of unbranched alkanes of at least 4 members (excludes halogenated alkanes) is 4. The van der Waals surface area contributed by atoms with Crippen molar-refractivity contribution in [1.82, 2.24) is 10.3 Å². The van der Waals surface area contributed by atoms with E-state index in [9.17, 15) is 14.7 Å². The van der Waals surface area contributed by atoms with Gasteiger partial charge in [-0.3, -0.25) is 9.59 Å². The lowest BCUT2D eigenvalue weighted by Gasteiger charge is -2.07. The minimum absolute atomic E-state index is 0.107. The number of hydrogen-bond donors (Lipinski definition) is 2. The van der Waals surface area contributed by atoms with Crippen molar-refractivity contribution in [3.63, 3.8) is 0 Å². The molecule has 6 nitrogen and oxygen atoms in total. The van der Waals surface area contributed by atoms with Crippen molar-refractivity contribution >= 4 is 11.9 Å². The van der Waals surface area contributed by atoms with E-state index < -0.39 is 11.9 Å². The third kappa shape index (κ3) is 6.74. The second-order valence-corrected chi connectivity index (χ2v) is 4.69. The van der Waals surface area contributed by atoms with Crippen LogP contribution in [0.5, 0.6) is 5.75 Å². The Morgan fingerprint density at radius 3 is 2.76 bits per heavy atom. The molecule has 0 saturated carbocycles. The molecule has 1 aromatic rings. The Balaban J connectivity index is 2.18. The Kier molecular flexibility index (Phi) is 7.86. The average molecular weight is 294 g/mol. The number of aromatic nitrogens is 1. The molecule has 0 atom stereocenters. The van der Waals surface area contributed by atoms with E-state index in [0.717, 1.165) is 19.3 Å². The summed E-state index contributed by atoms with van der Waals surface area (Å²) in [5.41, 5.74) is -0.107. The minimum Gasteiger partial charge on any atom is -0.505 e. The van der Waals surface area contributed by atoms with E-state index >= 15 is 0 Å². The highest BCUT2D eigenvalue weighted by atomic mass is 16.5. The molecule has 0 radical (unpaired) electrons. The van der Waals surface area contributed by atoms with Crippen LogP contribution in [0.3, 0.4) is 0 Å². The van der Waals surface area contributed by atoms with Crippen LogP contribution in [0.1, 0.15) is 49.5 Å². The molecule has 6 heteroatoms. The number of esters is 1. The van der Waals surface area contributed by atoms with Gasteiger partial charge in [0.05, 0.1) is 6.61 Å². The van der Waals surface area contributed by atoms with Gasteiger partial charge in [-0.05, 0) is 18.6 Å². The molecule has 0 aromatic carbocycles. The molecule has 0 bridgehead atoms. The van der Waals surface area contributed by atoms with Crippen LogP contribution in [0.2, 0.25) is 0 Å². The number of carbonyl (C=O) groups excluding carboxylic acids is 2. The molecule has 0 saturated heterocycles. The molecule has 0 aliphatic heterocycles. The predicted octanol–water partition coefficient (Wildman–Crippen LogP) is 2.03. The van der Waals surface area contributed by atoms with E-state index in [1.54, 1.807) is 0 Å². The van der Waals surface area contributed by atoms with Gasteiger partial charge in [-0.2, -0.15) is 0 Å². The molecular weight excluding hydrogens is 272 g/mol. The number of pyridine rings is 1. The van der Waals surface area contributed by atoms with Crippen LogP contribution in [0.15, 0.2) is 18.3 Å². The molecule has 0 fully saturated rings. The highest BCUT2D eigenvalue weighted by molar-refractivity contribution is 5.96. The molecule has 21 heavy (non-hydrogen) atoms. The van der Waals surface area contributed by atoms with Gasteiger partial charge in [0.25, 0.3) is 5.91 Å². The van der Waals surface area contributed by atoms with Crippen LogP contribution < -0.4 is 5.32 Å². The monoisotopic (exact) mass is 294 g/mol. The van der Waals surface area contributed by atoms with Crippen LogP contribution in [0, 0.1) is 0 Å². The van der Waals surface area contributed by atoms with Crippen molar-refractivity contribution in [2.45, 2.75) is 39.0 Å². The van der Waals surface area contributed by atoms with Gasteiger partial charge in [-0.25, -0.2) is 4.98 Å². The topological polar surface area (TPSA) is 88.5 Å². The van der Waals surface area contributed by atoms with E-state index in [0.29, 0.717) is 6.61 Å². The van der Waals surface area contributed by atoms with Crippen molar-refractivity contribution < 1.29 is 19.4 Å². The summed E-state index contributed by atoms with van der Waals surface area (Å²) >= 11 is 0. The number of amides is 1. The smallest absolute Gasteiger partial charge is 0.325 e. The average Bonchev–Trinajstić information content (AvgIpc) is 2.49. The number of rotatable bonds is 9. The lowest BCUT2D eigenvalue weighted by atomic mass is 10.2. The second-order valence-electron chi connectivity index (χ2n) is 4.69. The molecule has 0 aliphatic carbocycles. The molecule has 0 unspecified atom stereocenters. The zero-order valence-electron chi connectivity index (χ0n) is 12.3. The van der Waals surface area contributed by atoms with Crippen LogP contribution >= 0.6 is 0 Å². The molecule has 1 aromatic heterocycles. The Morgan fingerprint density at radius 2 is 2.05 bits per heavy atom. The normalized spacial score (nSPS) is 10.1. The maximum Gasteiger partial charge on any atom is 0.325 e. The summed E-state index contributed by atoms with van der Waals surface area (Å²) in [5, 5.41) is 11.8. The third-order valence-electron chi connectivity index (χ3n) is 2.91. The summed E-state index contributed by atoms with van der Waals surface area (Å²) in [6.45, 7) is 2.28. The molecular formula is C15H22N2O4. The van der Waals surface area contributed by atoms with Crippen LogP contribution in [0.4, 0.5) is 0 Å². The number of nitrogens with zero attached hydrogens (tertiary/aromatic N) is 1. The van der Waals surface area contributed by atoms with E-state index in [-0.39, 0.29) is 18.0 Å². The highest BCUT2D eigenvalue weighted by Crippen LogP contribution is 2.11. The highest BCUT2D eigenvalue weighted by Gasteiger charge is 2.13. The largest absolute Gasteiger partial charge is 0.505 e. The van der Waals surface area contributed by atoms with Crippen molar-refractivity contribution in [3.8, 4) is 5.75 Å². The maximum absolute atomic E-state index is 11.7. The van der Waals surface area contributed by atoms with Gasteiger partial charge >= 0.3 is 5.97 Å². The standard InChI is InChI=1S/C15H22N2O4/c1-2-3-4-5-6-10-21-13(19)11-17-15(20)14-12(18)8-7-9-16-14/h7-9,18H,2-6,10-11H2,1H3,(H,17,20). The van der Waals surface area contributed by atoms with Gasteiger partial charge in [0.15, 0.2) is 5.69 Å². The quantitative estimate of drug-likeness (QED) is 0.537. The van der Waals surface area contributed by atoms with E-state index in [1.165, 1.54) is 31.2 Å². The maximum atomic E-state index is 11.7. The Labute approximate surface area is 124 Å². The zero-order valence-corrected chi connectivity index (χ0v) is 12.3. The van der Waals surface area contributed by atoms with Crippen molar-refractivity contribution in [1.29, 1.82) is 0 Å². The number of aromatic hydroxyl groups is 1. The van der Waals surface area contributed by atoms with Gasteiger partial charge in [0.2, 0.25) is 0 Å². The summed E-state index contributed by atoms with van der Waals surface area (Å²) in [6, 6.07) is 2.87.